The SMILES string of the molecule is CCCCNc1nc(C)cc(NCCCc2ccccc2)n1. The van der Waals surface area contributed by atoms with Crippen molar-refractivity contribution in [2.24, 2.45) is 0 Å². The number of hydrogen-bond donors (Lipinski definition) is 2. The molecule has 0 bridgehead atoms. The fourth-order valence-electron chi connectivity index (χ4n) is 2.27. The molecule has 1 aromatic heterocycles. The molecule has 0 fully saturated rings. The van der Waals surface area contributed by atoms with Crippen molar-refractivity contribution in [3.05, 3.63) is 47.7 Å². The molecule has 0 amide bonds. The van der Waals surface area contributed by atoms with E-state index in [4.69, 9.17) is 0 Å². The standard InChI is InChI=1S/C18H26N4/c1-3-4-12-20-18-21-15(2)14-17(22-18)19-13-8-11-16-9-6-5-7-10-16/h5-7,9-10,14H,3-4,8,11-13H2,1-2H3,(H2,19,20,21,22). The molecule has 0 aliphatic heterocycles. The van der Waals surface area contributed by atoms with Gasteiger partial charge in [0.2, 0.25) is 5.95 Å². The number of unbranched alkanes of at least 4 members (excludes halogenated alkanes) is 1. The molecule has 0 radical (unpaired) electrons. The van der Waals surface area contributed by atoms with E-state index in [9.17, 15) is 0 Å². The molecule has 0 unspecified atom stereocenters. The Morgan fingerprint density at radius 3 is 2.50 bits per heavy atom. The fraction of sp³-hybridized carbons (Fsp3) is 0.444. The molecule has 2 rings (SSSR count). The smallest absolute Gasteiger partial charge is 0.224 e. The van der Waals surface area contributed by atoms with Gasteiger partial charge in [-0.3, -0.25) is 0 Å². The Morgan fingerprint density at radius 1 is 0.955 bits per heavy atom. The van der Waals surface area contributed by atoms with Gasteiger partial charge in [0.25, 0.3) is 0 Å². The van der Waals surface area contributed by atoms with Crippen LogP contribution in [-0.4, -0.2) is 23.1 Å². The van der Waals surface area contributed by atoms with E-state index in [0.717, 1.165) is 49.8 Å². The molecule has 0 atom stereocenters. The zero-order valence-electron chi connectivity index (χ0n) is 13.6. The van der Waals surface area contributed by atoms with Gasteiger partial charge in [-0.25, -0.2) is 4.98 Å². The molecule has 0 aliphatic rings. The highest BCUT2D eigenvalue weighted by Crippen LogP contribution is 2.10. The summed E-state index contributed by atoms with van der Waals surface area (Å²) < 4.78 is 0. The molecule has 1 aromatic carbocycles. The lowest BCUT2D eigenvalue weighted by Crippen LogP contribution is -2.10. The van der Waals surface area contributed by atoms with Gasteiger partial charge in [0, 0.05) is 24.8 Å². The van der Waals surface area contributed by atoms with Crippen LogP contribution in [0.4, 0.5) is 11.8 Å². The van der Waals surface area contributed by atoms with E-state index in [1.165, 1.54) is 12.0 Å². The van der Waals surface area contributed by atoms with Gasteiger partial charge in [-0.05, 0) is 31.7 Å². The van der Waals surface area contributed by atoms with Crippen molar-refractivity contribution in [3.63, 3.8) is 0 Å². The highest BCUT2D eigenvalue weighted by molar-refractivity contribution is 5.42. The van der Waals surface area contributed by atoms with Gasteiger partial charge in [0.05, 0.1) is 0 Å². The second-order valence-corrected chi connectivity index (χ2v) is 5.51. The number of rotatable bonds is 9. The highest BCUT2D eigenvalue weighted by atomic mass is 15.1. The van der Waals surface area contributed by atoms with Crippen molar-refractivity contribution in [2.45, 2.75) is 39.5 Å². The first-order valence-electron chi connectivity index (χ1n) is 8.15. The van der Waals surface area contributed by atoms with Gasteiger partial charge >= 0.3 is 0 Å². The van der Waals surface area contributed by atoms with Crippen LogP contribution in [0.3, 0.4) is 0 Å². The third-order valence-corrected chi connectivity index (χ3v) is 3.46. The number of nitrogens with one attached hydrogen (secondary N) is 2. The summed E-state index contributed by atoms with van der Waals surface area (Å²) in [5.74, 6) is 1.62. The molecular weight excluding hydrogens is 272 g/mol. The minimum absolute atomic E-state index is 0.721. The monoisotopic (exact) mass is 298 g/mol. The number of anilines is 2. The first-order valence-corrected chi connectivity index (χ1v) is 8.15. The molecule has 2 aromatic rings. The normalized spacial score (nSPS) is 10.5. The Bertz CT molecular complexity index is 554. The molecule has 0 aliphatic carbocycles. The van der Waals surface area contributed by atoms with Crippen LogP contribution in [0.1, 0.15) is 37.4 Å². The van der Waals surface area contributed by atoms with Crippen LogP contribution in [0.25, 0.3) is 0 Å². The van der Waals surface area contributed by atoms with Crippen LogP contribution in [0.15, 0.2) is 36.4 Å². The molecule has 2 N–H and O–H groups in total. The lowest BCUT2D eigenvalue weighted by molar-refractivity contribution is 0.823. The molecule has 4 heteroatoms. The summed E-state index contributed by atoms with van der Waals surface area (Å²) in [5.41, 5.74) is 2.37. The van der Waals surface area contributed by atoms with Gasteiger partial charge in [-0.2, -0.15) is 4.98 Å². The van der Waals surface area contributed by atoms with E-state index in [-0.39, 0.29) is 0 Å². The molecule has 4 nitrogen and oxygen atoms in total. The van der Waals surface area contributed by atoms with Crippen LogP contribution in [-0.2, 0) is 6.42 Å². The lowest BCUT2D eigenvalue weighted by atomic mass is 10.1. The maximum atomic E-state index is 4.52. The average molecular weight is 298 g/mol. The van der Waals surface area contributed by atoms with Crippen LogP contribution in [0.2, 0.25) is 0 Å². The number of aryl methyl sites for hydroxylation is 2. The molecule has 0 saturated carbocycles. The summed E-state index contributed by atoms with van der Waals surface area (Å²) >= 11 is 0. The Morgan fingerprint density at radius 2 is 1.73 bits per heavy atom. The van der Waals surface area contributed by atoms with Crippen LogP contribution in [0, 0.1) is 6.92 Å². The van der Waals surface area contributed by atoms with E-state index in [2.05, 4.69) is 57.9 Å². The van der Waals surface area contributed by atoms with Gasteiger partial charge in [0.1, 0.15) is 5.82 Å². The predicted octanol–water partition coefficient (Wildman–Crippen LogP) is 4.04. The summed E-state index contributed by atoms with van der Waals surface area (Å²) in [4.78, 5) is 8.94. The van der Waals surface area contributed by atoms with Crippen molar-refractivity contribution in [1.82, 2.24) is 9.97 Å². The van der Waals surface area contributed by atoms with Crippen LogP contribution in [0.5, 0.6) is 0 Å². The predicted molar refractivity (Wildman–Crippen MR) is 93.4 cm³/mol. The van der Waals surface area contributed by atoms with Crippen molar-refractivity contribution in [1.29, 1.82) is 0 Å². The average Bonchev–Trinajstić information content (AvgIpc) is 2.52. The minimum Gasteiger partial charge on any atom is -0.370 e. The summed E-state index contributed by atoms with van der Waals surface area (Å²) in [7, 11) is 0. The van der Waals surface area contributed by atoms with Crippen LogP contribution >= 0.6 is 0 Å². The maximum Gasteiger partial charge on any atom is 0.224 e. The van der Waals surface area contributed by atoms with Crippen LogP contribution < -0.4 is 10.6 Å². The minimum atomic E-state index is 0.721. The van der Waals surface area contributed by atoms with E-state index in [1.807, 2.05) is 13.0 Å². The highest BCUT2D eigenvalue weighted by Gasteiger charge is 2.01. The first kappa shape index (κ1) is 16.3. The Balaban J connectivity index is 1.79. The molecule has 118 valence electrons. The number of benzene rings is 1. The van der Waals surface area contributed by atoms with E-state index < -0.39 is 0 Å². The second-order valence-electron chi connectivity index (χ2n) is 5.51. The fourth-order valence-corrected chi connectivity index (χ4v) is 2.27. The zero-order valence-corrected chi connectivity index (χ0v) is 13.6. The topological polar surface area (TPSA) is 49.8 Å². The summed E-state index contributed by atoms with van der Waals surface area (Å²) in [6.45, 7) is 6.02. The van der Waals surface area contributed by atoms with Gasteiger partial charge in [-0.1, -0.05) is 43.7 Å². The van der Waals surface area contributed by atoms with Crippen molar-refractivity contribution >= 4 is 11.8 Å². The first-order chi connectivity index (χ1) is 10.8. The lowest BCUT2D eigenvalue weighted by Gasteiger charge is -2.09. The second kappa shape index (κ2) is 9.03. The molecule has 22 heavy (non-hydrogen) atoms. The zero-order chi connectivity index (χ0) is 15.6. The largest absolute Gasteiger partial charge is 0.370 e. The van der Waals surface area contributed by atoms with Crippen molar-refractivity contribution in [2.75, 3.05) is 23.7 Å². The van der Waals surface area contributed by atoms with Crippen molar-refractivity contribution in [3.8, 4) is 0 Å². The molecular formula is C18H26N4. The Kier molecular flexibility index (Phi) is 6.68. The quantitative estimate of drug-likeness (QED) is 0.686. The van der Waals surface area contributed by atoms with Gasteiger partial charge in [0.15, 0.2) is 0 Å². The summed E-state index contributed by atoms with van der Waals surface area (Å²) in [6.07, 6.45) is 4.48. The van der Waals surface area contributed by atoms with Crippen molar-refractivity contribution < 1.29 is 0 Å². The van der Waals surface area contributed by atoms with E-state index >= 15 is 0 Å². The summed E-state index contributed by atoms with van der Waals surface area (Å²) in [5, 5.41) is 6.68. The van der Waals surface area contributed by atoms with Gasteiger partial charge < -0.3 is 10.6 Å². The third-order valence-electron chi connectivity index (χ3n) is 3.46. The number of aromatic nitrogens is 2. The maximum absolute atomic E-state index is 4.52. The molecule has 1 heterocycles. The van der Waals surface area contributed by atoms with Gasteiger partial charge in [-0.15, -0.1) is 0 Å². The van der Waals surface area contributed by atoms with E-state index in [1.54, 1.807) is 0 Å². The molecule has 0 spiro atoms. The Hall–Kier alpha value is -2.10. The third kappa shape index (κ3) is 5.72. The number of hydrogen-bond acceptors (Lipinski definition) is 4. The summed E-state index contributed by atoms with van der Waals surface area (Å²) in [6, 6.07) is 12.6. The number of nitrogens with zero attached hydrogens (tertiary/aromatic N) is 2. The van der Waals surface area contributed by atoms with E-state index in [0.29, 0.717) is 0 Å². The Labute approximate surface area is 133 Å². The molecule has 0 saturated heterocycles.